The van der Waals surface area contributed by atoms with Crippen LogP contribution in [-0.2, 0) is 6.42 Å². The highest BCUT2D eigenvalue weighted by Crippen LogP contribution is 2.23. The van der Waals surface area contributed by atoms with Gasteiger partial charge in [0.1, 0.15) is 11.6 Å². The maximum Gasteiger partial charge on any atom is 0.133 e. The Morgan fingerprint density at radius 2 is 2.00 bits per heavy atom. The zero-order valence-electron chi connectivity index (χ0n) is 8.14. The Kier molecular flexibility index (Phi) is 3.19. The van der Waals surface area contributed by atoms with Crippen molar-refractivity contribution in [3.8, 4) is 6.07 Å². The maximum atomic E-state index is 13.6. The van der Waals surface area contributed by atoms with Gasteiger partial charge in [-0.1, -0.05) is 19.9 Å². The molecule has 14 heavy (non-hydrogen) atoms. The Morgan fingerprint density at radius 1 is 1.36 bits per heavy atom. The van der Waals surface area contributed by atoms with Crippen molar-refractivity contribution in [3.05, 3.63) is 34.9 Å². The number of hydrogen-bond donors (Lipinski definition) is 0. The number of benzene rings is 1. The molecule has 0 fully saturated rings. The second kappa shape index (κ2) is 4.19. The van der Waals surface area contributed by atoms with Gasteiger partial charge in [0.2, 0.25) is 0 Å². The molecular weight excluding hydrogens is 184 g/mol. The smallest absolute Gasteiger partial charge is 0.133 e. The van der Waals surface area contributed by atoms with E-state index in [4.69, 9.17) is 5.26 Å². The van der Waals surface area contributed by atoms with Crippen molar-refractivity contribution in [1.29, 1.82) is 5.26 Å². The zero-order chi connectivity index (χ0) is 10.7. The molecule has 0 atom stereocenters. The molecular formula is C11H11F2N. The molecule has 0 aliphatic carbocycles. The first-order valence-corrected chi connectivity index (χ1v) is 4.41. The van der Waals surface area contributed by atoms with Crippen LogP contribution in [0.15, 0.2) is 12.1 Å². The van der Waals surface area contributed by atoms with E-state index in [0.29, 0.717) is 5.56 Å². The molecule has 0 aromatic heterocycles. The van der Waals surface area contributed by atoms with E-state index in [1.165, 1.54) is 12.1 Å². The highest BCUT2D eigenvalue weighted by atomic mass is 19.1. The predicted molar refractivity (Wildman–Crippen MR) is 49.8 cm³/mol. The SMILES string of the molecule is CC(C)c1ccc(F)c(CC#N)c1F. The van der Waals surface area contributed by atoms with Crippen LogP contribution in [0.5, 0.6) is 0 Å². The predicted octanol–water partition coefficient (Wildman–Crippen LogP) is 3.15. The Bertz CT molecular complexity index is 378. The van der Waals surface area contributed by atoms with Crippen LogP contribution in [0.3, 0.4) is 0 Å². The van der Waals surface area contributed by atoms with Gasteiger partial charge in [0.05, 0.1) is 12.5 Å². The van der Waals surface area contributed by atoms with Crippen LogP contribution >= 0.6 is 0 Å². The van der Waals surface area contributed by atoms with Crippen molar-refractivity contribution in [2.45, 2.75) is 26.2 Å². The van der Waals surface area contributed by atoms with E-state index in [0.717, 1.165) is 0 Å². The average molecular weight is 195 g/mol. The molecule has 1 aromatic rings. The first-order valence-electron chi connectivity index (χ1n) is 4.41. The van der Waals surface area contributed by atoms with Gasteiger partial charge >= 0.3 is 0 Å². The van der Waals surface area contributed by atoms with Gasteiger partial charge in [0, 0.05) is 5.56 Å². The third kappa shape index (κ3) is 1.90. The minimum Gasteiger partial charge on any atom is -0.207 e. The molecule has 0 heterocycles. The second-order valence-corrected chi connectivity index (χ2v) is 3.42. The van der Waals surface area contributed by atoms with E-state index >= 15 is 0 Å². The number of halogens is 2. The summed E-state index contributed by atoms with van der Waals surface area (Å²) in [5.41, 5.74) is 0.329. The fraction of sp³-hybridized carbons (Fsp3) is 0.364. The normalized spacial score (nSPS) is 10.3. The summed E-state index contributed by atoms with van der Waals surface area (Å²) in [6.07, 6.45) is -0.224. The Balaban J connectivity index is 3.27. The highest BCUT2D eigenvalue weighted by molar-refractivity contribution is 5.31. The van der Waals surface area contributed by atoms with E-state index in [1.807, 2.05) is 13.8 Å². The van der Waals surface area contributed by atoms with E-state index in [2.05, 4.69) is 0 Å². The summed E-state index contributed by atoms with van der Waals surface area (Å²) < 4.78 is 26.7. The van der Waals surface area contributed by atoms with Crippen LogP contribution < -0.4 is 0 Å². The number of nitriles is 1. The Labute approximate surface area is 82.0 Å². The summed E-state index contributed by atoms with van der Waals surface area (Å²) in [6.45, 7) is 3.65. The molecule has 74 valence electrons. The molecule has 0 bridgehead atoms. The molecule has 0 aliphatic rings. The molecule has 0 radical (unpaired) electrons. The van der Waals surface area contributed by atoms with Crippen LogP contribution in [0.2, 0.25) is 0 Å². The van der Waals surface area contributed by atoms with Crippen LogP contribution in [0.1, 0.15) is 30.9 Å². The summed E-state index contributed by atoms with van der Waals surface area (Å²) in [5.74, 6) is -1.23. The van der Waals surface area contributed by atoms with Gasteiger partial charge < -0.3 is 0 Å². The van der Waals surface area contributed by atoms with Crippen molar-refractivity contribution in [2.75, 3.05) is 0 Å². The Morgan fingerprint density at radius 3 is 2.50 bits per heavy atom. The van der Waals surface area contributed by atoms with E-state index < -0.39 is 11.6 Å². The molecule has 0 spiro atoms. The van der Waals surface area contributed by atoms with Gasteiger partial charge in [-0.05, 0) is 17.5 Å². The van der Waals surface area contributed by atoms with E-state index in [9.17, 15) is 8.78 Å². The highest BCUT2D eigenvalue weighted by Gasteiger charge is 2.14. The van der Waals surface area contributed by atoms with Gasteiger partial charge in [0.15, 0.2) is 0 Å². The minimum atomic E-state index is -0.645. The summed E-state index contributed by atoms with van der Waals surface area (Å²) in [5, 5.41) is 8.41. The van der Waals surface area contributed by atoms with Crippen molar-refractivity contribution in [1.82, 2.24) is 0 Å². The molecule has 0 amide bonds. The molecule has 1 nitrogen and oxygen atoms in total. The molecule has 0 aliphatic heterocycles. The molecule has 0 unspecified atom stereocenters. The van der Waals surface area contributed by atoms with E-state index in [-0.39, 0.29) is 17.9 Å². The zero-order valence-corrected chi connectivity index (χ0v) is 8.14. The standard InChI is InChI=1S/C11H11F2N/c1-7(2)8-3-4-10(12)9(5-6-14)11(8)13/h3-4,7H,5H2,1-2H3. The summed E-state index contributed by atoms with van der Waals surface area (Å²) in [7, 11) is 0. The number of nitrogens with zero attached hydrogens (tertiary/aromatic N) is 1. The maximum absolute atomic E-state index is 13.6. The fourth-order valence-electron chi connectivity index (χ4n) is 1.30. The van der Waals surface area contributed by atoms with Crippen molar-refractivity contribution in [3.63, 3.8) is 0 Å². The molecule has 0 saturated heterocycles. The average Bonchev–Trinajstić information content (AvgIpc) is 2.11. The molecule has 1 rings (SSSR count). The van der Waals surface area contributed by atoms with Crippen LogP contribution in [-0.4, -0.2) is 0 Å². The third-order valence-corrected chi connectivity index (χ3v) is 2.09. The number of rotatable bonds is 2. The van der Waals surface area contributed by atoms with Crippen LogP contribution in [0.4, 0.5) is 8.78 Å². The lowest BCUT2D eigenvalue weighted by Gasteiger charge is -2.09. The van der Waals surface area contributed by atoms with E-state index in [1.54, 1.807) is 6.07 Å². The van der Waals surface area contributed by atoms with Gasteiger partial charge in [0.25, 0.3) is 0 Å². The quantitative estimate of drug-likeness (QED) is 0.711. The lowest BCUT2D eigenvalue weighted by atomic mass is 9.98. The molecule has 1 aromatic carbocycles. The third-order valence-electron chi connectivity index (χ3n) is 2.09. The Hall–Kier alpha value is -1.43. The minimum absolute atomic E-state index is 0.00644. The number of hydrogen-bond acceptors (Lipinski definition) is 1. The molecule has 0 N–H and O–H groups in total. The van der Waals surface area contributed by atoms with Crippen molar-refractivity contribution in [2.24, 2.45) is 0 Å². The van der Waals surface area contributed by atoms with Gasteiger partial charge in [-0.15, -0.1) is 0 Å². The summed E-state index contributed by atoms with van der Waals surface area (Å²) in [6, 6.07) is 4.39. The van der Waals surface area contributed by atoms with Crippen LogP contribution in [0, 0.1) is 23.0 Å². The van der Waals surface area contributed by atoms with Gasteiger partial charge in [-0.3, -0.25) is 0 Å². The lowest BCUT2D eigenvalue weighted by Crippen LogP contribution is -2.01. The van der Waals surface area contributed by atoms with Gasteiger partial charge in [-0.2, -0.15) is 5.26 Å². The lowest BCUT2D eigenvalue weighted by molar-refractivity contribution is 0.546. The fourth-order valence-corrected chi connectivity index (χ4v) is 1.30. The molecule has 0 saturated carbocycles. The van der Waals surface area contributed by atoms with Gasteiger partial charge in [-0.25, -0.2) is 8.78 Å². The summed E-state index contributed by atoms with van der Waals surface area (Å²) >= 11 is 0. The monoisotopic (exact) mass is 195 g/mol. The molecule has 3 heteroatoms. The summed E-state index contributed by atoms with van der Waals surface area (Å²) in [4.78, 5) is 0. The first-order chi connectivity index (χ1) is 6.57. The first kappa shape index (κ1) is 10.6. The second-order valence-electron chi connectivity index (χ2n) is 3.42. The topological polar surface area (TPSA) is 23.8 Å². The van der Waals surface area contributed by atoms with Crippen molar-refractivity contribution < 1.29 is 8.78 Å². The van der Waals surface area contributed by atoms with Crippen LogP contribution in [0.25, 0.3) is 0 Å². The largest absolute Gasteiger partial charge is 0.207 e. The van der Waals surface area contributed by atoms with Crippen molar-refractivity contribution >= 4 is 0 Å².